The molecule has 0 atom stereocenters. The molecule has 0 aliphatic heterocycles. The van der Waals surface area contributed by atoms with Crippen molar-refractivity contribution in [3.8, 4) is 12.1 Å². The number of carbonyl (C=O) groups excluding carboxylic acids is 1. The second-order valence-corrected chi connectivity index (χ2v) is 2.61. The van der Waals surface area contributed by atoms with Gasteiger partial charge < -0.3 is 4.74 Å². The maximum absolute atomic E-state index is 11.1. The maximum Gasteiger partial charge on any atom is 0.308 e. The monoisotopic (exact) mass is 180 g/mol. The molecular formula is C9H12N2O2. The van der Waals surface area contributed by atoms with Crippen LogP contribution in [0.5, 0.6) is 0 Å². The Morgan fingerprint density at radius 1 is 1.31 bits per heavy atom. The lowest BCUT2D eigenvalue weighted by Gasteiger charge is -2.10. The SMILES string of the molecule is COC(=O)C(CCC#N)CCC#N. The molecule has 0 bridgehead atoms. The van der Waals surface area contributed by atoms with Crippen LogP contribution in [-0.4, -0.2) is 13.1 Å². The van der Waals surface area contributed by atoms with Crippen LogP contribution >= 0.6 is 0 Å². The molecule has 0 aromatic heterocycles. The molecule has 0 aromatic carbocycles. The molecule has 70 valence electrons. The van der Waals surface area contributed by atoms with E-state index >= 15 is 0 Å². The highest BCUT2D eigenvalue weighted by atomic mass is 16.5. The zero-order valence-electron chi connectivity index (χ0n) is 7.62. The largest absolute Gasteiger partial charge is 0.469 e. The van der Waals surface area contributed by atoms with Gasteiger partial charge in [0.25, 0.3) is 0 Å². The standard InChI is InChI=1S/C9H12N2O2/c1-13-9(12)8(4-2-6-10)5-3-7-11/h8H,2-5H2,1H3. The van der Waals surface area contributed by atoms with Crippen LogP contribution in [0.1, 0.15) is 25.7 Å². The molecule has 0 saturated heterocycles. The lowest BCUT2D eigenvalue weighted by Crippen LogP contribution is -2.15. The summed E-state index contributed by atoms with van der Waals surface area (Å²) in [4.78, 5) is 11.1. The third-order valence-electron chi connectivity index (χ3n) is 1.74. The molecule has 0 fully saturated rings. The van der Waals surface area contributed by atoms with Gasteiger partial charge in [-0.1, -0.05) is 0 Å². The number of hydrogen-bond donors (Lipinski definition) is 0. The number of carbonyl (C=O) groups is 1. The van der Waals surface area contributed by atoms with Crippen molar-refractivity contribution in [2.24, 2.45) is 5.92 Å². The van der Waals surface area contributed by atoms with Crippen LogP contribution in [0.25, 0.3) is 0 Å². The third kappa shape index (κ3) is 4.81. The second-order valence-electron chi connectivity index (χ2n) is 2.61. The number of methoxy groups -OCH3 is 1. The average molecular weight is 180 g/mol. The van der Waals surface area contributed by atoms with Gasteiger partial charge in [0.1, 0.15) is 0 Å². The molecule has 0 saturated carbocycles. The number of ether oxygens (including phenoxy) is 1. The summed E-state index contributed by atoms with van der Waals surface area (Å²) in [5, 5.41) is 16.7. The van der Waals surface area contributed by atoms with Crippen molar-refractivity contribution in [3.05, 3.63) is 0 Å². The van der Waals surface area contributed by atoms with Gasteiger partial charge in [0.05, 0.1) is 25.2 Å². The van der Waals surface area contributed by atoms with Gasteiger partial charge in [0.2, 0.25) is 0 Å². The first kappa shape index (κ1) is 11.4. The van der Waals surface area contributed by atoms with Crippen molar-refractivity contribution in [2.75, 3.05) is 7.11 Å². The Balaban J connectivity index is 3.97. The first-order chi connectivity index (χ1) is 6.26. The second kappa shape index (κ2) is 7.12. The van der Waals surface area contributed by atoms with Crippen molar-refractivity contribution in [2.45, 2.75) is 25.7 Å². The summed E-state index contributed by atoms with van der Waals surface area (Å²) in [5.74, 6) is -0.630. The molecule has 0 rings (SSSR count). The van der Waals surface area contributed by atoms with Crippen LogP contribution in [0.2, 0.25) is 0 Å². The molecule has 0 aliphatic carbocycles. The van der Waals surface area contributed by atoms with Crippen molar-refractivity contribution < 1.29 is 9.53 Å². The molecule has 0 radical (unpaired) electrons. The van der Waals surface area contributed by atoms with E-state index in [9.17, 15) is 4.79 Å². The van der Waals surface area contributed by atoms with E-state index in [0.29, 0.717) is 25.7 Å². The van der Waals surface area contributed by atoms with Gasteiger partial charge in [0, 0.05) is 12.8 Å². The normalized spacial score (nSPS) is 8.92. The summed E-state index contributed by atoms with van der Waals surface area (Å²) < 4.78 is 4.55. The fraction of sp³-hybridized carbons (Fsp3) is 0.667. The highest BCUT2D eigenvalue weighted by Gasteiger charge is 2.17. The zero-order chi connectivity index (χ0) is 10.1. The highest BCUT2D eigenvalue weighted by molar-refractivity contribution is 5.72. The van der Waals surface area contributed by atoms with Crippen LogP contribution in [0.15, 0.2) is 0 Å². The molecule has 0 unspecified atom stereocenters. The van der Waals surface area contributed by atoms with Gasteiger partial charge in [-0.25, -0.2) is 0 Å². The van der Waals surface area contributed by atoms with E-state index in [0.717, 1.165) is 0 Å². The van der Waals surface area contributed by atoms with Crippen LogP contribution in [-0.2, 0) is 9.53 Å². The first-order valence-corrected chi connectivity index (χ1v) is 4.08. The summed E-state index contributed by atoms with van der Waals surface area (Å²) in [7, 11) is 1.31. The minimum Gasteiger partial charge on any atom is -0.469 e. The van der Waals surface area contributed by atoms with Gasteiger partial charge in [0.15, 0.2) is 0 Å². The number of nitriles is 2. The molecule has 0 aliphatic rings. The molecular weight excluding hydrogens is 168 g/mol. The maximum atomic E-state index is 11.1. The van der Waals surface area contributed by atoms with E-state index in [1.165, 1.54) is 7.11 Å². The predicted octanol–water partition coefficient (Wildman–Crippen LogP) is 1.38. The molecule has 0 amide bonds. The minimum atomic E-state index is -0.328. The van der Waals surface area contributed by atoms with Crippen molar-refractivity contribution >= 4 is 5.97 Å². The molecule has 13 heavy (non-hydrogen) atoms. The van der Waals surface area contributed by atoms with Gasteiger partial charge in [-0.3, -0.25) is 4.79 Å². The van der Waals surface area contributed by atoms with Crippen molar-refractivity contribution in [1.29, 1.82) is 10.5 Å². The van der Waals surface area contributed by atoms with Gasteiger partial charge in [-0.05, 0) is 12.8 Å². The Morgan fingerprint density at radius 3 is 2.08 bits per heavy atom. The number of rotatable bonds is 5. The van der Waals surface area contributed by atoms with E-state index in [4.69, 9.17) is 10.5 Å². The van der Waals surface area contributed by atoms with E-state index in [1.54, 1.807) is 0 Å². The van der Waals surface area contributed by atoms with Gasteiger partial charge >= 0.3 is 5.97 Å². The smallest absolute Gasteiger partial charge is 0.308 e. The number of hydrogen-bond acceptors (Lipinski definition) is 4. The Hall–Kier alpha value is -1.55. The predicted molar refractivity (Wildman–Crippen MR) is 45.2 cm³/mol. The van der Waals surface area contributed by atoms with E-state index < -0.39 is 0 Å². The van der Waals surface area contributed by atoms with E-state index in [-0.39, 0.29) is 11.9 Å². The summed E-state index contributed by atoms with van der Waals surface area (Å²) in [5.41, 5.74) is 0. The summed E-state index contributed by atoms with van der Waals surface area (Å²) in [6.07, 6.45) is 1.60. The third-order valence-corrected chi connectivity index (χ3v) is 1.74. The summed E-state index contributed by atoms with van der Waals surface area (Å²) in [6, 6.07) is 3.93. The molecule has 4 nitrogen and oxygen atoms in total. The molecule has 4 heteroatoms. The van der Waals surface area contributed by atoms with Crippen LogP contribution in [0.4, 0.5) is 0 Å². The quantitative estimate of drug-likeness (QED) is 0.599. The van der Waals surface area contributed by atoms with Crippen LogP contribution < -0.4 is 0 Å². The Morgan fingerprint density at radius 2 is 1.77 bits per heavy atom. The van der Waals surface area contributed by atoms with Crippen molar-refractivity contribution in [1.82, 2.24) is 0 Å². The van der Waals surface area contributed by atoms with Crippen molar-refractivity contribution in [3.63, 3.8) is 0 Å². The Bertz CT molecular complexity index is 219. The summed E-state index contributed by atoms with van der Waals surface area (Å²) in [6.45, 7) is 0. The lowest BCUT2D eigenvalue weighted by molar-refractivity contribution is -0.145. The van der Waals surface area contributed by atoms with Crippen LogP contribution in [0, 0.1) is 28.6 Å². The zero-order valence-corrected chi connectivity index (χ0v) is 7.62. The fourth-order valence-corrected chi connectivity index (χ4v) is 1.02. The van der Waals surface area contributed by atoms with E-state index in [1.807, 2.05) is 12.1 Å². The Kier molecular flexibility index (Phi) is 6.27. The lowest BCUT2D eigenvalue weighted by atomic mass is 9.98. The minimum absolute atomic E-state index is 0.302. The average Bonchev–Trinajstić information content (AvgIpc) is 2.17. The van der Waals surface area contributed by atoms with Crippen LogP contribution in [0.3, 0.4) is 0 Å². The molecule has 0 heterocycles. The molecule has 0 N–H and O–H groups in total. The van der Waals surface area contributed by atoms with E-state index in [2.05, 4.69) is 4.74 Å². The molecule has 0 aromatic rings. The fourth-order valence-electron chi connectivity index (χ4n) is 1.02. The van der Waals surface area contributed by atoms with Gasteiger partial charge in [-0.15, -0.1) is 0 Å². The molecule has 0 spiro atoms. The summed E-state index contributed by atoms with van der Waals surface area (Å²) >= 11 is 0. The first-order valence-electron chi connectivity index (χ1n) is 4.08. The number of nitrogens with zero attached hydrogens (tertiary/aromatic N) is 2. The highest BCUT2D eigenvalue weighted by Crippen LogP contribution is 2.14. The number of esters is 1. The Labute approximate surface area is 77.7 Å². The van der Waals surface area contributed by atoms with Gasteiger partial charge in [-0.2, -0.15) is 10.5 Å². The topological polar surface area (TPSA) is 73.9 Å².